The standard InChI is InChI=1S/C24H22N4O3S/c1-14-7-3-6-10-21(14)28-23(31)18(22(30)27-24(28)32)13-20-17(11-12-25-15(2)29)16-8-4-5-9-19(16)26-20/h3-10,13,31H,11-12H2,1-2H3,(H,25,29)(H,27,30,32)/b20-13-. The molecule has 0 fully saturated rings. The zero-order valence-corrected chi connectivity index (χ0v) is 18.5. The Morgan fingerprint density at radius 3 is 2.69 bits per heavy atom. The van der Waals surface area contributed by atoms with Gasteiger partial charge in [0, 0.05) is 18.7 Å². The lowest BCUT2D eigenvalue weighted by molar-refractivity contribution is -0.118. The van der Waals surface area contributed by atoms with Gasteiger partial charge in [-0.05, 0) is 54.9 Å². The number of nitrogens with zero attached hydrogens (tertiary/aromatic N) is 2. The van der Waals surface area contributed by atoms with Crippen LogP contribution in [0.15, 0.2) is 64.0 Å². The molecule has 1 amide bonds. The number of hydrogen-bond donors (Lipinski definition) is 3. The summed E-state index contributed by atoms with van der Waals surface area (Å²) >= 11 is 5.33. The maximum Gasteiger partial charge on any atom is 0.262 e. The van der Waals surface area contributed by atoms with E-state index in [4.69, 9.17) is 12.2 Å². The predicted octanol–water partition coefficient (Wildman–Crippen LogP) is 2.26. The number of carbonyl (C=O) groups excluding carboxylic acids is 1. The summed E-state index contributed by atoms with van der Waals surface area (Å²) in [6, 6.07) is 15.1. The SMILES string of the molecule is CC(=O)NCCC1=c2ccccc2=N/C1=C\c1c(O)n(-c2ccccc2C)c(=S)[nH]c1=O. The lowest BCUT2D eigenvalue weighted by atomic mass is 10.1. The Balaban J connectivity index is 1.88. The van der Waals surface area contributed by atoms with Crippen molar-refractivity contribution in [3.63, 3.8) is 0 Å². The fourth-order valence-electron chi connectivity index (χ4n) is 3.75. The number of nitrogens with one attached hydrogen (secondary N) is 2. The van der Waals surface area contributed by atoms with E-state index in [1.54, 1.807) is 6.08 Å². The molecule has 1 aliphatic heterocycles. The molecule has 0 bridgehead atoms. The van der Waals surface area contributed by atoms with Gasteiger partial charge < -0.3 is 10.4 Å². The third-order valence-electron chi connectivity index (χ3n) is 5.29. The van der Waals surface area contributed by atoms with Gasteiger partial charge in [-0.15, -0.1) is 0 Å². The Morgan fingerprint density at radius 2 is 1.94 bits per heavy atom. The number of hydrogen-bond acceptors (Lipinski definition) is 5. The van der Waals surface area contributed by atoms with Crippen molar-refractivity contribution in [3.05, 3.63) is 91.1 Å². The molecule has 3 aromatic rings. The lowest BCUT2D eigenvalue weighted by Crippen LogP contribution is -2.25. The molecule has 0 unspecified atom stereocenters. The maximum atomic E-state index is 12.8. The van der Waals surface area contributed by atoms with Gasteiger partial charge in [0.2, 0.25) is 11.8 Å². The third-order valence-corrected chi connectivity index (χ3v) is 5.57. The molecule has 162 valence electrons. The highest BCUT2D eigenvalue weighted by Gasteiger charge is 2.18. The quantitative estimate of drug-likeness (QED) is 0.524. The van der Waals surface area contributed by atoms with Crippen molar-refractivity contribution in [2.45, 2.75) is 20.3 Å². The highest BCUT2D eigenvalue weighted by molar-refractivity contribution is 7.71. The Kier molecular flexibility index (Phi) is 5.87. The Morgan fingerprint density at radius 1 is 1.22 bits per heavy atom. The predicted molar refractivity (Wildman–Crippen MR) is 126 cm³/mol. The van der Waals surface area contributed by atoms with Gasteiger partial charge in [-0.1, -0.05) is 36.4 Å². The van der Waals surface area contributed by atoms with Gasteiger partial charge in [0.1, 0.15) is 5.56 Å². The van der Waals surface area contributed by atoms with Gasteiger partial charge in [-0.2, -0.15) is 0 Å². The number of allylic oxidation sites excluding steroid dienone is 1. The van der Waals surface area contributed by atoms with Gasteiger partial charge in [0.25, 0.3) is 5.56 Å². The minimum absolute atomic E-state index is 0.0606. The molecule has 32 heavy (non-hydrogen) atoms. The van der Waals surface area contributed by atoms with Crippen molar-refractivity contribution in [1.82, 2.24) is 14.9 Å². The van der Waals surface area contributed by atoms with Gasteiger partial charge in [0.05, 0.1) is 16.7 Å². The zero-order chi connectivity index (χ0) is 22.8. The van der Waals surface area contributed by atoms with E-state index in [1.165, 1.54) is 11.5 Å². The molecular formula is C24H22N4O3S. The minimum atomic E-state index is -0.503. The Bertz CT molecular complexity index is 1500. The van der Waals surface area contributed by atoms with E-state index in [-0.39, 0.29) is 22.1 Å². The number of benzene rings is 2. The second kappa shape index (κ2) is 8.76. The number of aromatic nitrogens is 2. The van der Waals surface area contributed by atoms with E-state index in [0.717, 1.165) is 21.7 Å². The molecule has 2 heterocycles. The zero-order valence-electron chi connectivity index (χ0n) is 17.7. The highest BCUT2D eigenvalue weighted by atomic mass is 32.1. The van der Waals surface area contributed by atoms with Gasteiger partial charge in [-0.3, -0.25) is 19.1 Å². The maximum absolute atomic E-state index is 12.8. The summed E-state index contributed by atoms with van der Waals surface area (Å²) in [5.74, 6) is -0.373. The smallest absolute Gasteiger partial charge is 0.262 e. The summed E-state index contributed by atoms with van der Waals surface area (Å²) in [5, 5.41) is 15.6. The molecule has 0 radical (unpaired) electrons. The lowest BCUT2D eigenvalue weighted by Gasteiger charge is -2.14. The third kappa shape index (κ3) is 4.04. The highest BCUT2D eigenvalue weighted by Crippen LogP contribution is 2.26. The number of aromatic hydroxyl groups is 1. The molecule has 1 aromatic heterocycles. The van der Waals surface area contributed by atoms with Gasteiger partial charge in [0.15, 0.2) is 4.77 Å². The van der Waals surface area contributed by atoms with Crippen LogP contribution in [0.4, 0.5) is 0 Å². The van der Waals surface area contributed by atoms with Crippen LogP contribution in [0.25, 0.3) is 17.3 Å². The van der Waals surface area contributed by atoms with Crippen molar-refractivity contribution in [2.75, 3.05) is 6.54 Å². The van der Waals surface area contributed by atoms with Crippen LogP contribution in [-0.2, 0) is 4.79 Å². The molecular weight excluding hydrogens is 424 g/mol. The van der Waals surface area contributed by atoms with E-state index in [2.05, 4.69) is 15.3 Å². The van der Waals surface area contributed by atoms with Crippen LogP contribution in [0.1, 0.15) is 24.5 Å². The Labute approximate surface area is 189 Å². The fourth-order valence-corrected chi connectivity index (χ4v) is 4.03. The van der Waals surface area contributed by atoms with Crippen molar-refractivity contribution in [1.29, 1.82) is 0 Å². The normalized spacial score (nSPS) is 13.7. The first-order valence-corrected chi connectivity index (χ1v) is 10.6. The van der Waals surface area contributed by atoms with Crippen molar-refractivity contribution < 1.29 is 9.90 Å². The summed E-state index contributed by atoms with van der Waals surface area (Å²) in [6.07, 6.45) is 2.10. The van der Waals surface area contributed by atoms with E-state index in [0.29, 0.717) is 24.4 Å². The van der Waals surface area contributed by atoms with Crippen LogP contribution in [0.5, 0.6) is 5.88 Å². The summed E-state index contributed by atoms with van der Waals surface area (Å²) in [6.45, 7) is 3.80. The number of amides is 1. The van der Waals surface area contributed by atoms with E-state index >= 15 is 0 Å². The first-order chi connectivity index (χ1) is 15.4. The van der Waals surface area contributed by atoms with Crippen LogP contribution in [-0.4, -0.2) is 27.1 Å². The number of aromatic amines is 1. The second-order valence-corrected chi connectivity index (χ2v) is 7.88. The first-order valence-electron chi connectivity index (χ1n) is 10.1. The van der Waals surface area contributed by atoms with Crippen molar-refractivity contribution in [2.24, 2.45) is 4.99 Å². The van der Waals surface area contributed by atoms with Crippen LogP contribution in [0.2, 0.25) is 0 Å². The van der Waals surface area contributed by atoms with Crippen LogP contribution >= 0.6 is 12.2 Å². The average molecular weight is 447 g/mol. The molecule has 2 aromatic carbocycles. The van der Waals surface area contributed by atoms with Crippen LogP contribution in [0.3, 0.4) is 0 Å². The number of carbonyl (C=O) groups is 1. The number of aryl methyl sites for hydroxylation is 1. The summed E-state index contributed by atoms with van der Waals surface area (Å²) in [4.78, 5) is 31.4. The molecule has 0 spiro atoms. The number of fused-ring (bicyclic) bond motifs is 1. The molecule has 3 N–H and O–H groups in total. The van der Waals surface area contributed by atoms with Crippen LogP contribution < -0.4 is 21.5 Å². The number of rotatable bonds is 5. The molecule has 0 saturated heterocycles. The van der Waals surface area contributed by atoms with Gasteiger partial charge >= 0.3 is 0 Å². The largest absolute Gasteiger partial charge is 0.494 e. The summed E-state index contributed by atoms with van der Waals surface area (Å²) in [7, 11) is 0. The fraction of sp³-hybridized carbons (Fsp3) is 0.167. The molecule has 1 aliphatic rings. The van der Waals surface area contributed by atoms with E-state index in [9.17, 15) is 14.7 Å². The monoisotopic (exact) mass is 446 g/mol. The van der Waals surface area contributed by atoms with Gasteiger partial charge in [-0.25, -0.2) is 4.99 Å². The number of para-hydroxylation sites is 2. The van der Waals surface area contributed by atoms with Crippen LogP contribution in [0, 0.1) is 11.7 Å². The topological polar surface area (TPSA) is 99.5 Å². The first kappa shape index (κ1) is 21.5. The van der Waals surface area contributed by atoms with Crippen molar-refractivity contribution in [3.8, 4) is 11.6 Å². The molecule has 7 nitrogen and oxygen atoms in total. The molecule has 0 saturated carbocycles. The molecule has 8 heteroatoms. The summed E-state index contributed by atoms with van der Waals surface area (Å²) in [5.41, 5.74) is 2.57. The Hall–Kier alpha value is -3.78. The molecule has 0 aliphatic carbocycles. The van der Waals surface area contributed by atoms with E-state index < -0.39 is 5.56 Å². The van der Waals surface area contributed by atoms with Crippen molar-refractivity contribution >= 4 is 29.8 Å². The summed E-state index contributed by atoms with van der Waals surface area (Å²) < 4.78 is 1.54. The minimum Gasteiger partial charge on any atom is -0.494 e. The molecule has 0 atom stereocenters. The second-order valence-electron chi connectivity index (χ2n) is 7.49. The molecule has 4 rings (SSSR count). The van der Waals surface area contributed by atoms with E-state index in [1.807, 2.05) is 55.5 Å². The number of H-pyrrole nitrogens is 1. The average Bonchev–Trinajstić information content (AvgIpc) is 3.09.